The Morgan fingerprint density at radius 2 is 2.05 bits per heavy atom. The molecule has 0 saturated carbocycles. The monoisotopic (exact) mass is 422 g/mol. The van der Waals surface area contributed by atoms with Crippen LogP contribution in [-0.2, 0) is 6.54 Å². The Bertz CT molecular complexity index is 810. The summed E-state index contributed by atoms with van der Waals surface area (Å²) in [4.78, 5) is 5.81. The van der Waals surface area contributed by atoms with Gasteiger partial charge >= 0.3 is 0 Å². The van der Waals surface area contributed by atoms with E-state index in [2.05, 4.69) is 25.5 Å². The van der Waals surface area contributed by atoms with Crippen molar-refractivity contribution in [2.24, 2.45) is 0 Å². The van der Waals surface area contributed by atoms with Crippen LogP contribution < -0.4 is 0 Å². The van der Waals surface area contributed by atoms with Crippen molar-refractivity contribution >= 4 is 73.1 Å². The van der Waals surface area contributed by atoms with E-state index >= 15 is 0 Å². The fourth-order valence-electron chi connectivity index (χ4n) is 2.19. The van der Waals surface area contributed by atoms with Crippen LogP contribution in [0.4, 0.5) is 0 Å². The van der Waals surface area contributed by atoms with Crippen LogP contribution in [0.15, 0.2) is 28.1 Å². The molecule has 3 rings (SSSR count). The molecule has 2 heterocycles. The molecule has 21 heavy (non-hydrogen) atoms. The van der Waals surface area contributed by atoms with E-state index in [0.29, 0.717) is 16.6 Å². The quantitative estimate of drug-likeness (QED) is 0.438. The van der Waals surface area contributed by atoms with Crippen LogP contribution in [0.2, 0.25) is 10.0 Å². The number of fused-ring (bicyclic) bond motifs is 1. The van der Waals surface area contributed by atoms with Gasteiger partial charge in [0.2, 0.25) is 0 Å². The molecular formula is C14H10BrCl3N2S. The summed E-state index contributed by atoms with van der Waals surface area (Å²) >= 11 is 23.8. The predicted molar refractivity (Wildman–Crippen MR) is 95.1 cm³/mol. The smallest absolute Gasteiger partial charge is 0.128 e. The molecule has 110 valence electrons. The zero-order valence-electron chi connectivity index (χ0n) is 10.9. The molecule has 0 radical (unpaired) electrons. The Kier molecular flexibility index (Phi) is 4.53. The van der Waals surface area contributed by atoms with Crippen LogP contribution in [0, 0.1) is 0 Å². The van der Waals surface area contributed by atoms with Gasteiger partial charge in [-0.2, -0.15) is 0 Å². The van der Waals surface area contributed by atoms with Crippen molar-refractivity contribution in [2.75, 3.05) is 0 Å². The van der Waals surface area contributed by atoms with E-state index in [1.807, 2.05) is 24.4 Å². The molecule has 0 saturated heterocycles. The van der Waals surface area contributed by atoms with Crippen molar-refractivity contribution in [3.05, 3.63) is 48.8 Å². The number of aromatic nitrogens is 2. The largest absolute Gasteiger partial charge is 0.321 e. The summed E-state index contributed by atoms with van der Waals surface area (Å²) in [5.74, 6) is 0.810. The maximum atomic E-state index is 6.28. The normalized spacial score (nSPS) is 13.0. The van der Waals surface area contributed by atoms with E-state index in [4.69, 9.17) is 34.8 Å². The molecule has 0 bridgehead atoms. The summed E-state index contributed by atoms with van der Waals surface area (Å²) in [5, 5.41) is 2.87. The van der Waals surface area contributed by atoms with Crippen LogP contribution in [0.25, 0.3) is 11.0 Å². The minimum Gasteiger partial charge on any atom is -0.321 e. The lowest BCUT2D eigenvalue weighted by atomic mass is 10.3. The molecule has 1 atom stereocenters. The van der Waals surface area contributed by atoms with Gasteiger partial charge in [-0.25, -0.2) is 4.98 Å². The summed E-state index contributed by atoms with van der Waals surface area (Å²) in [6.07, 6.45) is 0. The second kappa shape index (κ2) is 6.09. The number of halogens is 4. The SMILES string of the molecule is CC(Cl)c1nc2cc(Cl)c(Cl)cc2n1Cc1sccc1Br. The Morgan fingerprint density at radius 3 is 2.67 bits per heavy atom. The van der Waals surface area contributed by atoms with Crippen molar-refractivity contribution in [1.82, 2.24) is 9.55 Å². The van der Waals surface area contributed by atoms with Gasteiger partial charge in [-0.3, -0.25) is 0 Å². The van der Waals surface area contributed by atoms with Crippen LogP contribution in [-0.4, -0.2) is 9.55 Å². The molecule has 0 amide bonds. The third-order valence-corrected chi connectivity index (χ3v) is 6.00. The number of hydrogen-bond acceptors (Lipinski definition) is 2. The number of benzene rings is 1. The molecule has 0 aliphatic heterocycles. The van der Waals surface area contributed by atoms with Gasteiger partial charge in [-0.05, 0) is 46.4 Å². The highest BCUT2D eigenvalue weighted by Crippen LogP contribution is 2.33. The summed E-state index contributed by atoms with van der Waals surface area (Å²) in [7, 11) is 0. The molecule has 2 aromatic heterocycles. The molecule has 0 N–H and O–H groups in total. The minimum absolute atomic E-state index is 0.200. The standard InChI is InChI=1S/C14H10BrCl3N2S/c1-7(16)14-19-11-4-9(17)10(18)5-12(11)20(14)6-13-8(15)2-3-21-13/h2-5,7H,6H2,1H3. The van der Waals surface area contributed by atoms with E-state index in [-0.39, 0.29) is 5.38 Å². The first-order valence-corrected chi connectivity index (χ1v) is 9.05. The first-order valence-electron chi connectivity index (χ1n) is 6.18. The van der Waals surface area contributed by atoms with Crippen LogP contribution >= 0.6 is 62.1 Å². The lowest BCUT2D eigenvalue weighted by Crippen LogP contribution is -2.05. The number of alkyl halides is 1. The molecule has 1 unspecified atom stereocenters. The Balaban J connectivity index is 2.20. The first-order chi connectivity index (χ1) is 9.97. The van der Waals surface area contributed by atoms with Gasteiger partial charge in [0.1, 0.15) is 5.82 Å². The van der Waals surface area contributed by atoms with Gasteiger partial charge in [0.05, 0.1) is 33.0 Å². The summed E-state index contributed by atoms with van der Waals surface area (Å²) in [6, 6.07) is 5.66. The van der Waals surface area contributed by atoms with Crippen LogP contribution in [0.1, 0.15) is 23.0 Å². The molecule has 0 aliphatic carbocycles. The van der Waals surface area contributed by atoms with Crippen LogP contribution in [0.5, 0.6) is 0 Å². The molecule has 0 spiro atoms. The van der Waals surface area contributed by atoms with Gasteiger partial charge in [-0.1, -0.05) is 23.2 Å². The van der Waals surface area contributed by atoms with Crippen molar-refractivity contribution in [1.29, 1.82) is 0 Å². The lowest BCUT2D eigenvalue weighted by Gasteiger charge is -2.10. The molecule has 1 aromatic carbocycles. The van der Waals surface area contributed by atoms with Gasteiger partial charge in [-0.15, -0.1) is 22.9 Å². The fourth-order valence-corrected chi connectivity index (χ4v) is 4.14. The number of rotatable bonds is 3. The number of thiophene rings is 1. The van der Waals surface area contributed by atoms with Gasteiger partial charge < -0.3 is 4.57 Å². The predicted octanol–water partition coefficient (Wildman–Crippen LogP) is 6.52. The zero-order chi connectivity index (χ0) is 15.1. The minimum atomic E-state index is -0.200. The van der Waals surface area contributed by atoms with E-state index in [1.165, 1.54) is 4.88 Å². The summed E-state index contributed by atoms with van der Waals surface area (Å²) in [5.41, 5.74) is 1.74. The summed E-state index contributed by atoms with van der Waals surface area (Å²) in [6.45, 7) is 2.60. The average Bonchev–Trinajstić information content (AvgIpc) is 2.97. The third-order valence-electron chi connectivity index (χ3n) is 3.17. The Labute approximate surface area is 149 Å². The van der Waals surface area contributed by atoms with Crippen molar-refractivity contribution < 1.29 is 0 Å². The second-order valence-corrected chi connectivity index (χ2v) is 7.94. The maximum Gasteiger partial charge on any atom is 0.128 e. The lowest BCUT2D eigenvalue weighted by molar-refractivity contribution is 0.749. The second-order valence-electron chi connectivity index (χ2n) is 4.62. The molecule has 0 fully saturated rings. The highest BCUT2D eigenvalue weighted by Gasteiger charge is 2.17. The van der Waals surface area contributed by atoms with E-state index < -0.39 is 0 Å². The van der Waals surface area contributed by atoms with Crippen LogP contribution in [0.3, 0.4) is 0 Å². The van der Waals surface area contributed by atoms with E-state index in [0.717, 1.165) is 21.3 Å². The molecule has 3 aromatic rings. The molecule has 0 aliphatic rings. The highest BCUT2D eigenvalue weighted by molar-refractivity contribution is 9.10. The van der Waals surface area contributed by atoms with E-state index in [1.54, 1.807) is 17.4 Å². The number of nitrogens with zero attached hydrogens (tertiary/aromatic N) is 2. The Morgan fingerprint density at radius 1 is 1.33 bits per heavy atom. The van der Waals surface area contributed by atoms with Crippen molar-refractivity contribution in [3.8, 4) is 0 Å². The zero-order valence-corrected chi connectivity index (χ0v) is 15.6. The highest BCUT2D eigenvalue weighted by atomic mass is 79.9. The third kappa shape index (κ3) is 2.97. The van der Waals surface area contributed by atoms with Crippen molar-refractivity contribution in [2.45, 2.75) is 18.8 Å². The van der Waals surface area contributed by atoms with Gasteiger partial charge in [0, 0.05) is 9.35 Å². The maximum absolute atomic E-state index is 6.28. The number of hydrogen-bond donors (Lipinski definition) is 0. The molecule has 7 heteroatoms. The topological polar surface area (TPSA) is 17.8 Å². The van der Waals surface area contributed by atoms with E-state index in [9.17, 15) is 0 Å². The summed E-state index contributed by atoms with van der Waals surface area (Å²) < 4.78 is 3.17. The Hall–Kier alpha value is -0.260. The number of imidazole rings is 1. The van der Waals surface area contributed by atoms with Gasteiger partial charge in [0.25, 0.3) is 0 Å². The van der Waals surface area contributed by atoms with Gasteiger partial charge in [0.15, 0.2) is 0 Å². The molecular weight excluding hydrogens is 414 g/mol. The average molecular weight is 425 g/mol. The fraction of sp³-hybridized carbons (Fsp3) is 0.214. The first kappa shape index (κ1) is 15.6. The van der Waals surface area contributed by atoms with Crippen molar-refractivity contribution in [3.63, 3.8) is 0 Å². The molecule has 2 nitrogen and oxygen atoms in total.